The molecule has 0 radical (unpaired) electrons. The summed E-state index contributed by atoms with van der Waals surface area (Å²) in [6.45, 7) is 2.04. The summed E-state index contributed by atoms with van der Waals surface area (Å²) in [4.78, 5) is 12.4. The lowest BCUT2D eigenvalue weighted by atomic mass is 10.0. The standard InChI is InChI=1S/C16H14Br2ClNO/c1-2-15(10-3-6-12(19)7-4-10)20-16(21)13-9-11(17)5-8-14(13)18/h3-9,15H,2H2,1H3,(H,20,21). The Hall–Kier alpha value is -0.840. The van der Waals surface area contributed by atoms with Crippen molar-refractivity contribution in [1.29, 1.82) is 0 Å². The van der Waals surface area contributed by atoms with Crippen molar-refractivity contribution in [3.8, 4) is 0 Å². The van der Waals surface area contributed by atoms with Gasteiger partial charge in [0.1, 0.15) is 0 Å². The molecule has 0 bridgehead atoms. The van der Waals surface area contributed by atoms with Crippen LogP contribution in [0, 0.1) is 0 Å². The number of nitrogens with one attached hydrogen (secondary N) is 1. The molecule has 0 aromatic heterocycles. The number of amides is 1. The Labute approximate surface area is 146 Å². The molecule has 110 valence electrons. The zero-order valence-electron chi connectivity index (χ0n) is 11.4. The molecule has 1 N–H and O–H groups in total. The third-order valence-electron chi connectivity index (χ3n) is 3.16. The number of benzene rings is 2. The second-order valence-electron chi connectivity index (χ2n) is 4.61. The van der Waals surface area contributed by atoms with Gasteiger partial charge in [-0.25, -0.2) is 0 Å². The van der Waals surface area contributed by atoms with Gasteiger partial charge in [0.2, 0.25) is 0 Å². The summed E-state index contributed by atoms with van der Waals surface area (Å²) in [5.41, 5.74) is 1.65. The molecule has 2 nitrogen and oxygen atoms in total. The van der Waals surface area contributed by atoms with Crippen molar-refractivity contribution in [3.63, 3.8) is 0 Å². The summed E-state index contributed by atoms with van der Waals surface area (Å²) in [6, 6.07) is 13.0. The minimum atomic E-state index is -0.107. The average molecular weight is 432 g/mol. The SMILES string of the molecule is CCC(NC(=O)c1cc(Br)ccc1Br)c1ccc(Cl)cc1. The van der Waals surface area contributed by atoms with Gasteiger partial charge in [-0.05, 0) is 58.2 Å². The van der Waals surface area contributed by atoms with E-state index in [2.05, 4.69) is 37.2 Å². The predicted molar refractivity (Wildman–Crippen MR) is 93.8 cm³/mol. The first-order chi connectivity index (χ1) is 10.0. The zero-order valence-corrected chi connectivity index (χ0v) is 15.3. The van der Waals surface area contributed by atoms with Crippen LogP contribution in [0.2, 0.25) is 5.02 Å². The van der Waals surface area contributed by atoms with Gasteiger partial charge in [-0.1, -0.05) is 46.6 Å². The predicted octanol–water partition coefficient (Wildman–Crippen LogP) is 5.75. The number of rotatable bonds is 4. The maximum Gasteiger partial charge on any atom is 0.252 e. The lowest BCUT2D eigenvalue weighted by Crippen LogP contribution is -2.28. The van der Waals surface area contributed by atoms with Crippen LogP contribution in [-0.4, -0.2) is 5.91 Å². The first kappa shape index (κ1) is 16.5. The second-order valence-corrected chi connectivity index (χ2v) is 6.82. The molecule has 0 spiro atoms. The Morgan fingerprint density at radius 3 is 2.48 bits per heavy atom. The highest BCUT2D eigenvalue weighted by molar-refractivity contribution is 9.11. The smallest absolute Gasteiger partial charge is 0.252 e. The summed E-state index contributed by atoms with van der Waals surface area (Å²) in [7, 11) is 0. The van der Waals surface area contributed by atoms with E-state index in [-0.39, 0.29) is 11.9 Å². The molecule has 0 aliphatic heterocycles. The maximum atomic E-state index is 12.4. The monoisotopic (exact) mass is 429 g/mol. The van der Waals surface area contributed by atoms with Crippen LogP contribution in [0.5, 0.6) is 0 Å². The normalized spacial score (nSPS) is 12.0. The Morgan fingerprint density at radius 1 is 1.19 bits per heavy atom. The van der Waals surface area contributed by atoms with E-state index in [9.17, 15) is 4.79 Å². The number of carbonyl (C=O) groups is 1. The molecule has 0 saturated heterocycles. The Balaban J connectivity index is 2.20. The Bertz CT molecular complexity index is 643. The van der Waals surface area contributed by atoms with Gasteiger partial charge in [-0.3, -0.25) is 4.79 Å². The van der Waals surface area contributed by atoms with Crippen LogP contribution in [0.4, 0.5) is 0 Å². The summed E-state index contributed by atoms with van der Waals surface area (Å²) in [5, 5.41) is 3.74. The molecule has 0 heterocycles. The quantitative estimate of drug-likeness (QED) is 0.657. The zero-order chi connectivity index (χ0) is 15.4. The molecule has 0 aliphatic rings. The molecule has 0 saturated carbocycles. The fraction of sp³-hybridized carbons (Fsp3) is 0.188. The van der Waals surface area contributed by atoms with Gasteiger partial charge in [0.05, 0.1) is 11.6 Å². The molecule has 2 rings (SSSR count). The molecule has 2 aromatic rings. The highest BCUT2D eigenvalue weighted by atomic mass is 79.9. The molecule has 1 atom stereocenters. The lowest BCUT2D eigenvalue weighted by molar-refractivity contribution is 0.0934. The molecule has 21 heavy (non-hydrogen) atoms. The number of halogens is 3. The molecule has 1 unspecified atom stereocenters. The van der Waals surface area contributed by atoms with E-state index < -0.39 is 0 Å². The van der Waals surface area contributed by atoms with Crippen LogP contribution in [-0.2, 0) is 0 Å². The summed E-state index contributed by atoms with van der Waals surface area (Å²) in [5.74, 6) is -0.107. The van der Waals surface area contributed by atoms with Crippen molar-refractivity contribution in [2.45, 2.75) is 19.4 Å². The van der Waals surface area contributed by atoms with Crippen LogP contribution in [0.1, 0.15) is 35.3 Å². The highest BCUT2D eigenvalue weighted by Gasteiger charge is 2.16. The molecule has 5 heteroatoms. The van der Waals surface area contributed by atoms with E-state index in [1.807, 2.05) is 43.3 Å². The van der Waals surface area contributed by atoms with Gasteiger partial charge in [-0.15, -0.1) is 0 Å². The average Bonchev–Trinajstić information content (AvgIpc) is 2.48. The van der Waals surface area contributed by atoms with Crippen molar-refractivity contribution in [2.75, 3.05) is 0 Å². The summed E-state index contributed by atoms with van der Waals surface area (Å²) >= 11 is 12.7. The van der Waals surface area contributed by atoms with E-state index in [0.717, 1.165) is 20.9 Å². The van der Waals surface area contributed by atoms with Crippen molar-refractivity contribution in [1.82, 2.24) is 5.32 Å². The Kier molecular flexibility index (Phi) is 5.85. The minimum Gasteiger partial charge on any atom is -0.345 e. The fourth-order valence-electron chi connectivity index (χ4n) is 2.02. The van der Waals surface area contributed by atoms with Gasteiger partial charge in [0.15, 0.2) is 0 Å². The first-order valence-electron chi connectivity index (χ1n) is 6.52. The Morgan fingerprint density at radius 2 is 1.86 bits per heavy atom. The van der Waals surface area contributed by atoms with E-state index in [1.165, 1.54) is 0 Å². The summed E-state index contributed by atoms with van der Waals surface area (Å²) in [6.07, 6.45) is 0.805. The first-order valence-corrected chi connectivity index (χ1v) is 8.49. The van der Waals surface area contributed by atoms with Gasteiger partial charge in [-0.2, -0.15) is 0 Å². The molecular formula is C16H14Br2ClNO. The van der Waals surface area contributed by atoms with Crippen molar-refractivity contribution in [3.05, 3.63) is 67.6 Å². The third-order valence-corrected chi connectivity index (χ3v) is 4.60. The van der Waals surface area contributed by atoms with Crippen LogP contribution in [0.25, 0.3) is 0 Å². The summed E-state index contributed by atoms with van der Waals surface area (Å²) < 4.78 is 1.64. The minimum absolute atomic E-state index is 0.0411. The number of carbonyl (C=O) groups excluding carboxylic acids is 1. The molecular weight excluding hydrogens is 417 g/mol. The lowest BCUT2D eigenvalue weighted by Gasteiger charge is -2.18. The van der Waals surface area contributed by atoms with E-state index >= 15 is 0 Å². The highest BCUT2D eigenvalue weighted by Crippen LogP contribution is 2.24. The molecule has 1 amide bonds. The van der Waals surface area contributed by atoms with Gasteiger partial charge < -0.3 is 5.32 Å². The third kappa shape index (κ3) is 4.31. The van der Waals surface area contributed by atoms with Crippen molar-refractivity contribution >= 4 is 49.4 Å². The van der Waals surface area contributed by atoms with Crippen molar-refractivity contribution < 1.29 is 4.79 Å². The van der Waals surface area contributed by atoms with Crippen molar-refractivity contribution in [2.24, 2.45) is 0 Å². The second kappa shape index (κ2) is 7.43. The fourth-order valence-corrected chi connectivity index (χ4v) is 2.94. The van der Waals surface area contributed by atoms with Gasteiger partial charge in [0.25, 0.3) is 5.91 Å². The van der Waals surface area contributed by atoms with Gasteiger partial charge in [0, 0.05) is 14.0 Å². The van der Waals surface area contributed by atoms with E-state index in [4.69, 9.17) is 11.6 Å². The largest absolute Gasteiger partial charge is 0.345 e. The molecule has 0 aliphatic carbocycles. The van der Waals surface area contributed by atoms with Crippen LogP contribution < -0.4 is 5.32 Å². The topological polar surface area (TPSA) is 29.1 Å². The maximum absolute atomic E-state index is 12.4. The van der Waals surface area contributed by atoms with Crippen LogP contribution >= 0.6 is 43.5 Å². The molecule has 2 aromatic carbocycles. The van der Waals surface area contributed by atoms with Crippen LogP contribution in [0.15, 0.2) is 51.4 Å². The van der Waals surface area contributed by atoms with Crippen LogP contribution in [0.3, 0.4) is 0 Å². The van der Waals surface area contributed by atoms with E-state index in [1.54, 1.807) is 6.07 Å². The van der Waals surface area contributed by atoms with E-state index in [0.29, 0.717) is 10.6 Å². The number of hydrogen-bond acceptors (Lipinski definition) is 1. The van der Waals surface area contributed by atoms with Gasteiger partial charge >= 0.3 is 0 Å². The molecule has 0 fully saturated rings. The number of hydrogen-bond donors (Lipinski definition) is 1.